The number of para-hydroxylation sites is 1. The first-order valence-electron chi connectivity index (χ1n) is 10.8. The maximum Gasteiger partial charge on any atom is 0.145 e. The highest BCUT2D eigenvalue weighted by atomic mass is 16.3. The molecule has 2 heterocycles. The van der Waals surface area contributed by atoms with E-state index in [1.165, 1.54) is 35.6 Å². The number of furan rings is 1. The van der Waals surface area contributed by atoms with Crippen molar-refractivity contribution in [3.63, 3.8) is 0 Å². The van der Waals surface area contributed by atoms with Crippen LogP contribution in [-0.2, 0) is 5.31 Å². The zero-order valence-electron chi connectivity index (χ0n) is 16.9. The fraction of sp³-hybridized carbons (Fsp3) is 0.222. The maximum atomic E-state index is 6.84. The van der Waals surface area contributed by atoms with Crippen molar-refractivity contribution >= 4 is 40.6 Å². The molecule has 0 aliphatic heterocycles. The number of fused-ring (bicyclic) bond motifs is 5. The summed E-state index contributed by atoms with van der Waals surface area (Å²) in [5, 5.41) is 4.45. The third-order valence-corrected chi connectivity index (χ3v) is 6.73. The van der Waals surface area contributed by atoms with Gasteiger partial charge in [0.2, 0.25) is 0 Å². The third kappa shape index (κ3) is 2.69. The molecule has 0 bridgehead atoms. The van der Waals surface area contributed by atoms with E-state index in [0.717, 1.165) is 46.0 Å². The van der Waals surface area contributed by atoms with Crippen molar-refractivity contribution in [1.29, 1.82) is 0 Å². The minimum atomic E-state index is -0.250. The number of aromatic nitrogens is 1. The van der Waals surface area contributed by atoms with E-state index in [0.29, 0.717) is 0 Å². The molecular formula is C27H22BNO. The van der Waals surface area contributed by atoms with Gasteiger partial charge >= 0.3 is 0 Å². The van der Waals surface area contributed by atoms with E-state index >= 15 is 0 Å². The SMILES string of the molecule is [B]C1(c2ccnc(-c3cc4ccccc4c4c3oc3ccccc34)c2)CCCCC1. The normalized spacial score (nSPS) is 16.4. The number of rotatable bonds is 2. The van der Waals surface area contributed by atoms with Crippen LogP contribution in [0.4, 0.5) is 0 Å². The summed E-state index contributed by atoms with van der Waals surface area (Å²) in [5.74, 6) is 0. The van der Waals surface area contributed by atoms with E-state index < -0.39 is 0 Å². The largest absolute Gasteiger partial charge is 0.455 e. The number of hydrogen-bond donors (Lipinski definition) is 0. The predicted octanol–water partition coefficient (Wildman–Crippen LogP) is 7.13. The molecule has 6 rings (SSSR count). The van der Waals surface area contributed by atoms with E-state index in [9.17, 15) is 0 Å². The highest BCUT2D eigenvalue weighted by molar-refractivity contribution is 6.22. The minimum Gasteiger partial charge on any atom is -0.455 e. The summed E-state index contributed by atoms with van der Waals surface area (Å²) in [6, 6.07) is 23.2. The lowest BCUT2D eigenvalue weighted by atomic mass is 9.57. The van der Waals surface area contributed by atoms with Crippen LogP contribution in [0.25, 0.3) is 44.0 Å². The first kappa shape index (κ1) is 17.8. The second-order valence-electron chi connectivity index (χ2n) is 8.59. The van der Waals surface area contributed by atoms with Gasteiger partial charge in [-0.25, -0.2) is 0 Å². The first-order chi connectivity index (χ1) is 14.7. The fourth-order valence-electron chi connectivity index (χ4n) is 5.12. The molecule has 0 N–H and O–H groups in total. The van der Waals surface area contributed by atoms with Crippen LogP contribution < -0.4 is 0 Å². The molecule has 0 unspecified atom stereocenters. The van der Waals surface area contributed by atoms with Gasteiger partial charge < -0.3 is 4.42 Å². The van der Waals surface area contributed by atoms with Crippen molar-refractivity contribution < 1.29 is 4.42 Å². The smallest absolute Gasteiger partial charge is 0.145 e. The second kappa shape index (κ2) is 6.73. The van der Waals surface area contributed by atoms with Crippen molar-refractivity contribution in [3.05, 3.63) is 78.5 Å². The van der Waals surface area contributed by atoms with Gasteiger partial charge in [0.05, 0.1) is 13.5 Å². The average molecular weight is 387 g/mol. The lowest BCUT2D eigenvalue weighted by molar-refractivity contribution is 0.398. The van der Waals surface area contributed by atoms with E-state index in [1.54, 1.807) is 0 Å². The number of benzene rings is 3. The summed E-state index contributed by atoms with van der Waals surface area (Å²) in [6.07, 6.45) is 7.64. The highest BCUT2D eigenvalue weighted by Crippen LogP contribution is 2.42. The molecule has 0 atom stereocenters. The zero-order chi connectivity index (χ0) is 20.1. The van der Waals surface area contributed by atoms with Crippen LogP contribution in [0.5, 0.6) is 0 Å². The molecule has 30 heavy (non-hydrogen) atoms. The Morgan fingerprint density at radius 3 is 2.47 bits per heavy atom. The molecule has 1 saturated carbocycles. The molecule has 2 nitrogen and oxygen atoms in total. The third-order valence-electron chi connectivity index (χ3n) is 6.73. The van der Waals surface area contributed by atoms with Crippen LogP contribution in [0.15, 0.2) is 77.3 Å². The average Bonchev–Trinajstić information content (AvgIpc) is 3.19. The summed E-state index contributed by atoms with van der Waals surface area (Å²) in [7, 11) is 6.84. The van der Waals surface area contributed by atoms with Crippen molar-refractivity contribution in [3.8, 4) is 11.3 Å². The van der Waals surface area contributed by atoms with Crippen LogP contribution in [0.2, 0.25) is 0 Å². The summed E-state index contributed by atoms with van der Waals surface area (Å²) < 4.78 is 6.39. The van der Waals surface area contributed by atoms with Crippen molar-refractivity contribution in [2.24, 2.45) is 0 Å². The monoisotopic (exact) mass is 387 g/mol. The lowest BCUT2D eigenvalue weighted by Gasteiger charge is -2.35. The molecule has 1 aliphatic rings. The zero-order valence-corrected chi connectivity index (χ0v) is 16.9. The van der Waals surface area contributed by atoms with Gasteiger partial charge in [-0.2, -0.15) is 0 Å². The molecule has 0 saturated heterocycles. The molecule has 3 aromatic carbocycles. The molecule has 2 radical (unpaired) electrons. The van der Waals surface area contributed by atoms with Crippen LogP contribution >= 0.6 is 0 Å². The van der Waals surface area contributed by atoms with Crippen LogP contribution in [0.3, 0.4) is 0 Å². The molecular weight excluding hydrogens is 365 g/mol. The van der Waals surface area contributed by atoms with E-state index in [1.807, 2.05) is 18.3 Å². The Kier molecular flexibility index (Phi) is 3.99. The second-order valence-corrected chi connectivity index (χ2v) is 8.59. The van der Waals surface area contributed by atoms with Crippen LogP contribution in [-0.4, -0.2) is 12.8 Å². The summed E-state index contributed by atoms with van der Waals surface area (Å²) in [4.78, 5) is 4.75. The van der Waals surface area contributed by atoms with Gasteiger partial charge in [0, 0.05) is 22.5 Å². The van der Waals surface area contributed by atoms with E-state index in [4.69, 9.17) is 17.2 Å². The maximum absolute atomic E-state index is 6.84. The Morgan fingerprint density at radius 1 is 0.833 bits per heavy atom. The minimum absolute atomic E-state index is 0.250. The van der Waals surface area contributed by atoms with Gasteiger partial charge in [0.1, 0.15) is 11.2 Å². The van der Waals surface area contributed by atoms with Gasteiger partial charge in [-0.3, -0.25) is 4.98 Å². The number of hydrogen-bond acceptors (Lipinski definition) is 2. The van der Waals surface area contributed by atoms with E-state index in [2.05, 4.69) is 54.6 Å². The van der Waals surface area contributed by atoms with Gasteiger partial charge in [-0.05, 0) is 45.9 Å². The molecule has 0 amide bonds. The van der Waals surface area contributed by atoms with E-state index in [-0.39, 0.29) is 5.31 Å². The van der Waals surface area contributed by atoms with Crippen molar-refractivity contribution in [2.45, 2.75) is 37.4 Å². The lowest BCUT2D eigenvalue weighted by Crippen LogP contribution is -2.29. The topological polar surface area (TPSA) is 26.0 Å². The standard InChI is InChI=1S/C27H22BNO/c28-27(13-6-1-7-14-27)19-12-15-29-23(17-19)22-16-18-8-2-3-9-20(18)25-21-10-4-5-11-24(21)30-26(22)25/h2-5,8-12,15-17H,1,6-7,13-14H2. The van der Waals surface area contributed by atoms with Gasteiger partial charge in [-0.1, -0.05) is 74.6 Å². The predicted molar refractivity (Wildman–Crippen MR) is 125 cm³/mol. The number of nitrogens with zero attached hydrogens (tertiary/aromatic N) is 1. The Labute approximate surface area is 177 Å². The Hall–Kier alpha value is -3.07. The van der Waals surface area contributed by atoms with Gasteiger partial charge in [0.15, 0.2) is 0 Å². The molecule has 3 heteroatoms. The van der Waals surface area contributed by atoms with Gasteiger partial charge in [0.25, 0.3) is 0 Å². The van der Waals surface area contributed by atoms with Crippen LogP contribution in [0.1, 0.15) is 37.7 Å². The quantitative estimate of drug-likeness (QED) is 0.301. The summed E-state index contributed by atoms with van der Waals surface area (Å²) >= 11 is 0. The van der Waals surface area contributed by atoms with Crippen molar-refractivity contribution in [2.75, 3.05) is 0 Å². The molecule has 144 valence electrons. The molecule has 1 fully saturated rings. The summed E-state index contributed by atoms with van der Waals surface area (Å²) in [5.41, 5.74) is 4.95. The highest BCUT2D eigenvalue weighted by Gasteiger charge is 2.29. The number of pyridine rings is 1. The Morgan fingerprint density at radius 2 is 1.60 bits per heavy atom. The Balaban J connectivity index is 1.64. The molecule has 2 aromatic heterocycles. The molecule has 1 aliphatic carbocycles. The first-order valence-corrected chi connectivity index (χ1v) is 10.8. The fourth-order valence-corrected chi connectivity index (χ4v) is 5.12. The van der Waals surface area contributed by atoms with Gasteiger partial charge in [-0.15, -0.1) is 0 Å². The van der Waals surface area contributed by atoms with Crippen molar-refractivity contribution in [1.82, 2.24) is 4.98 Å². The van der Waals surface area contributed by atoms with Crippen LogP contribution in [0, 0.1) is 0 Å². The Bertz CT molecular complexity index is 1390. The molecule has 5 aromatic rings. The summed E-state index contributed by atoms with van der Waals surface area (Å²) in [6.45, 7) is 0. The molecule has 0 spiro atoms.